The molecule has 0 spiro atoms. The first-order valence-electron chi connectivity index (χ1n) is 26.0. The zero-order valence-electron chi connectivity index (χ0n) is 51.0. The lowest BCUT2D eigenvalue weighted by Crippen LogP contribution is -2.39. The molecule has 0 aliphatic heterocycles. The number of rotatable bonds is 20. The van der Waals surface area contributed by atoms with Crippen LogP contribution in [-0.4, -0.2) is 212 Å². The van der Waals surface area contributed by atoms with Crippen LogP contribution in [0.5, 0.6) is 0 Å². The zero-order chi connectivity index (χ0) is 61.6. The van der Waals surface area contributed by atoms with Gasteiger partial charge in [0.1, 0.15) is 12.6 Å². The van der Waals surface area contributed by atoms with Crippen LogP contribution in [0.1, 0.15) is 153 Å². The van der Waals surface area contributed by atoms with Crippen LogP contribution in [0.25, 0.3) is 0 Å². The number of aliphatic hydroxyl groups is 8. The molecule has 0 aliphatic rings. The van der Waals surface area contributed by atoms with E-state index in [1.165, 1.54) is 28.0 Å². The smallest absolute Gasteiger partial charge is 0.254 e. The van der Waals surface area contributed by atoms with Crippen molar-refractivity contribution < 1.29 is 69.6 Å². The Morgan fingerprint density at radius 1 is 0.507 bits per heavy atom. The summed E-state index contributed by atoms with van der Waals surface area (Å²) in [6.45, 7) is 36.1. The van der Waals surface area contributed by atoms with E-state index in [0.29, 0.717) is 59.0 Å². The van der Waals surface area contributed by atoms with Gasteiger partial charge in [-0.05, 0) is 102 Å². The number of nitrogens with zero attached hydrogens (tertiary/aromatic N) is 3. The fourth-order valence-electron chi connectivity index (χ4n) is 6.22. The lowest BCUT2D eigenvalue weighted by molar-refractivity contribution is -0.119. The van der Waals surface area contributed by atoms with Crippen LogP contribution in [0.3, 0.4) is 0 Å². The predicted molar refractivity (Wildman–Crippen MR) is 310 cm³/mol. The zero-order valence-corrected chi connectivity index (χ0v) is 51.0. The van der Waals surface area contributed by atoms with Gasteiger partial charge in [0, 0.05) is 81.9 Å². The monoisotopic (exact) mass is 1080 g/mol. The van der Waals surface area contributed by atoms with Crippen molar-refractivity contribution in [2.75, 3.05) is 112 Å². The highest BCUT2D eigenvalue weighted by atomic mass is 16.3. The van der Waals surface area contributed by atoms with Crippen molar-refractivity contribution in [3.05, 3.63) is 55.6 Å². The molecule has 2 rings (SSSR count). The highest BCUT2D eigenvalue weighted by Crippen LogP contribution is 2.32. The molecule has 0 fully saturated rings. The van der Waals surface area contributed by atoms with Crippen molar-refractivity contribution in [2.24, 2.45) is 0 Å². The summed E-state index contributed by atoms with van der Waals surface area (Å²) in [5.41, 5.74) is 9.51. The maximum atomic E-state index is 13.1. The van der Waals surface area contributed by atoms with Crippen molar-refractivity contribution in [3.8, 4) is 0 Å². The van der Waals surface area contributed by atoms with Crippen LogP contribution < -0.4 is 16.0 Å². The number of likely N-dealkylation sites (N-methyl/N-ethyl adjacent to an activating group) is 2. The number of nitrogens with one attached hydrogen (secondary N) is 3. The van der Waals surface area contributed by atoms with Crippen molar-refractivity contribution >= 4 is 48.5 Å². The SMILES string of the molecule is CC.CC.CC.CC.CC.CC.CN(C)CC(O)CO.CNc1c(C)c(C(=O)NCCN(C=O)CC(O)CO)c(C)c(C(=O)N(C)CC(O)CO)c1C.CNc1c(C)c(C)c(C)c(C=O)c1C.O=CCO.O=CCO. The number of aldehydes is 3. The summed E-state index contributed by atoms with van der Waals surface area (Å²) < 4.78 is 0. The summed E-state index contributed by atoms with van der Waals surface area (Å²) in [7, 11) is 8.78. The Morgan fingerprint density at radius 3 is 1.19 bits per heavy atom. The van der Waals surface area contributed by atoms with Gasteiger partial charge in [0.15, 0.2) is 6.29 Å². The van der Waals surface area contributed by atoms with Crippen molar-refractivity contribution in [2.45, 2.75) is 150 Å². The van der Waals surface area contributed by atoms with E-state index >= 15 is 0 Å². The largest absolute Gasteiger partial charge is 0.394 e. The molecule has 2 aromatic rings. The first kappa shape index (κ1) is 89.7. The van der Waals surface area contributed by atoms with Gasteiger partial charge < -0.3 is 81.1 Å². The first-order valence-corrected chi connectivity index (χ1v) is 26.0. The average molecular weight is 1080 g/mol. The molecule has 3 atom stereocenters. The van der Waals surface area contributed by atoms with Gasteiger partial charge in [0.2, 0.25) is 6.41 Å². The van der Waals surface area contributed by atoms with E-state index in [2.05, 4.69) is 29.8 Å². The molecule has 444 valence electrons. The Hall–Kier alpha value is -4.90. The van der Waals surface area contributed by atoms with Crippen molar-refractivity contribution in [3.63, 3.8) is 0 Å². The molecule has 0 bridgehead atoms. The molecule has 0 saturated heterocycles. The van der Waals surface area contributed by atoms with Gasteiger partial charge in [-0.15, -0.1) is 0 Å². The van der Waals surface area contributed by atoms with E-state index in [-0.39, 0.29) is 46.0 Å². The van der Waals surface area contributed by atoms with Gasteiger partial charge in [0.25, 0.3) is 11.8 Å². The van der Waals surface area contributed by atoms with Crippen molar-refractivity contribution in [1.82, 2.24) is 20.0 Å². The van der Waals surface area contributed by atoms with Crippen LogP contribution in [-0.2, 0) is 14.4 Å². The van der Waals surface area contributed by atoms with Gasteiger partial charge >= 0.3 is 0 Å². The number of hydrogen-bond acceptors (Lipinski definition) is 17. The van der Waals surface area contributed by atoms with Gasteiger partial charge in [-0.2, -0.15) is 0 Å². The van der Waals surface area contributed by atoms with Crippen molar-refractivity contribution in [1.29, 1.82) is 0 Å². The third kappa shape index (κ3) is 39.2. The van der Waals surface area contributed by atoms with E-state index in [4.69, 9.17) is 40.2 Å². The molecule has 75 heavy (non-hydrogen) atoms. The molecule has 0 aliphatic carbocycles. The summed E-state index contributed by atoms with van der Waals surface area (Å²) in [4.78, 5) is 70.5. The first-order chi connectivity index (χ1) is 35.6. The number of amides is 3. The highest BCUT2D eigenvalue weighted by Gasteiger charge is 2.27. The van der Waals surface area contributed by atoms with E-state index in [1.807, 2.05) is 123 Å². The topological polar surface area (TPSA) is 310 Å². The minimum absolute atomic E-state index is 0.0625. The second-order valence-corrected chi connectivity index (χ2v) is 14.4. The summed E-state index contributed by atoms with van der Waals surface area (Å²) in [5, 5.41) is 78.2. The number of anilines is 2. The molecule has 3 amide bonds. The van der Waals surface area contributed by atoms with Crippen LogP contribution in [0.15, 0.2) is 0 Å². The van der Waals surface area contributed by atoms with Gasteiger partial charge in [-0.25, -0.2) is 0 Å². The third-order valence-electron chi connectivity index (χ3n) is 9.46. The Kier molecular flexibility index (Phi) is 73.7. The number of carbonyl (C=O) groups excluding carboxylic acids is 6. The van der Waals surface area contributed by atoms with Gasteiger partial charge in [0.05, 0.1) is 51.3 Å². The summed E-state index contributed by atoms with van der Waals surface area (Å²) in [6.07, 6.45) is -0.412. The standard InChI is InChI=1S/C22H36N4O7.C12H17NO.C5H13NO2.2C2H4O2.6C2H6/c1-13-18(21(32)24-6-7-26(12-29)9-17(31)11-28)14(2)20(23-4)15(3)19(13)22(33)25(5)8-16(30)10-27;1-7-8(2)11(6-14)10(4)12(13-5)9(7)3;1-6(2)3-5(8)4-7;2*3-1-2-4;6*1-2/h12,16-17,23,27-28,30-31H,6-11H2,1-5H3,(H,24,32);6,13H,1-5H3;5,7-8H,3-4H2,1-2H3;2*1,4H,2H2;6*1-2H3. The van der Waals surface area contributed by atoms with E-state index in [1.54, 1.807) is 27.8 Å². The lowest BCUT2D eigenvalue weighted by Gasteiger charge is -2.26. The Labute approximate surface area is 453 Å². The fraction of sp³-hybridized carbons (Fsp3) is 0.673. The minimum Gasteiger partial charge on any atom is -0.394 e. The summed E-state index contributed by atoms with van der Waals surface area (Å²) in [5.74, 6) is -0.824. The van der Waals surface area contributed by atoms with Crippen LogP contribution in [0.4, 0.5) is 11.4 Å². The molecule has 20 heteroatoms. The maximum Gasteiger partial charge on any atom is 0.254 e. The summed E-state index contributed by atoms with van der Waals surface area (Å²) in [6, 6.07) is 0. The third-order valence-corrected chi connectivity index (χ3v) is 9.46. The number of carbonyl (C=O) groups is 6. The van der Waals surface area contributed by atoms with E-state index in [9.17, 15) is 29.4 Å². The molecule has 0 aromatic heterocycles. The molecule has 11 N–H and O–H groups in total. The molecule has 0 radical (unpaired) electrons. The van der Waals surface area contributed by atoms with Crippen LogP contribution >= 0.6 is 0 Å². The summed E-state index contributed by atoms with van der Waals surface area (Å²) >= 11 is 0. The number of aliphatic hydroxyl groups excluding tert-OH is 8. The van der Waals surface area contributed by atoms with E-state index in [0.717, 1.165) is 28.7 Å². The van der Waals surface area contributed by atoms with Gasteiger partial charge in [-0.1, -0.05) is 83.1 Å². The molecular formula is C55H110N6O14. The normalized spacial score (nSPS) is 10.1. The Balaban J connectivity index is -0.000000121. The van der Waals surface area contributed by atoms with E-state index < -0.39 is 43.3 Å². The number of hydrogen-bond donors (Lipinski definition) is 11. The predicted octanol–water partition coefficient (Wildman–Crippen LogP) is 4.81. The molecular weight excluding hydrogens is 969 g/mol. The molecule has 2 aromatic carbocycles. The molecule has 0 saturated carbocycles. The maximum absolute atomic E-state index is 13.1. The minimum atomic E-state index is -1.08. The quantitative estimate of drug-likeness (QED) is 0.0793. The molecule has 3 unspecified atom stereocenters. The Morgan fingerprint density at radius 2 is 0.867 bits per heavy atom. The lowest BCUT2D eigenvalue weighted by atomic mass is 9.90. The number of benzene rings is 2. The highest BCUT2D eigenvalue weighted by molar-refractivity contribution is 6.06. The average Bonchev–Trinajstić information content (AvgIpc) is 3.43. The molecule has 20 nitrogen and oxygen atoms in total. The second kappa shape index (κ2) is 61.6. The molecule has 0 heterocycles. The van der Waals surface area contributed by atoms with Crippen LogP contribution in [0, 0.1) is 48.5 Å². The van der Waals surface area contributed by atoms with Crippen LogP contribution in [0.2, 0.25) is 0 Å². The second-order valence-electron chi connectivity index (χ2n) is 14.4. The fourth-order valence-corrected chi connectivity index (χ4v) is 6.22. The Bertz CT molecular complexity index is 1710. The van der Waals surface area contributed by atoms with Gasteiger partial charge in [-0.3, -0.25) is 19.2 Å².